The average molecular weight is 357 g/mol. The summed E-state index contributed by atoms with van der Waals surface area (Å²) in [7, 11) is -3.54. The molecule has 1 aromatic rings. The summed E-state index contributed by atoms with van der Waals surface area (Å²) >= 11 is 1.29. The zero-order valence-electron chi connectivity index (χ0n) is 13.7. The molecule has 2 fully saturated rings. The van der Waals surface area contributed by atoms with Gasteiger partial charge in [0.1, 0.15) is 4.21 Å². The van der Waals surface area contributed by atoms with Crippen molar-refractivity contribution in [2.75, 3.05) is 6.61 Å². The van der Waals surface area contributed by atoms with Crippen molar-refractivity contribution in [2.45, 2.75) is 62.7 Å². The molecule has 1 aromatic heterocycles. The summed E-state index contributed by atoms with van der Waals surface area (Å²) in [5.41, 5.74) is -0.682. The highest BCUT2D eigenvalue weighted by Crippen LogP contribution is 2.54. The third-order valence-electron chi connectivity index (χ3n) is 5.24. The van der Waals surface area contributed by atoms with E-state index >= 15 is 0 Å². The molecule has 2 saturated heterocycles. The number of nitrogens with zero attached hydrogens (tertiary/aromatic N) is 1. The molecule has 3 heterocycles. The Bertz CT molecular complexity index is 711. The van der Waals surface area contributed by atoms with Crippen LogP contribution in [0.2, 0.25) is 0 Å². The molecule has 2 aliphatic rings. The van der Waals surface area contributed by atoms with Gasteiger partial charge in [-0.1, -0.05) is 6.92 Å². The molecule has 5 nitrogen and oxygen atoms in total. The second kappa shape index (κ2) is 5.86. The minimum absolute atomic E-state index is 0.0863. The van der Waals surface area contributed by atoms with Gasteiger partial charge in [0.2, 0.25) is 0 Å². The second-order valence-electron chi connectivity index (χ2n) is 6.38. The number of esters is 1. The summed E-state index contributed by atoms with van der Waals surface area (Å²) in [6, 6.07) is 3.14. The van der Waals surface area contributed by atoms with Gasteiger partial charge in [-0.25, -0.2) is 8.42 Å². The number of rotatable bonds is 5. The van der Waals surface area contributed by atoms with Crippen molar-refractivity contribution in [3.05, 3.63) is 17.0 Å². The van der Waals surface area contributed by atoms with Crippen LogP contribution in [-0.2, 0) is 19.6 Å². The van der Waals surface area contributed by atoms with Gasteiger partial charge in [-0.2, -0.15) is 4.31 Å². The van der Waals surface area contributed by atoms with Crippen molar-refractivity contribution in [3.63, 3.8) is 0 Å². The molecule has 0 unspecified atom stereocenters. The molecule has 3 rings (SSSR count). The lowest BCUT2D eigenvalue weighted by atomic mass is 9.72. The van der Waals surface area contributed by atoms with E-state index in [1.807, 2.05) is 19.9 Å². The standard InChI is InChI=1S/C16H23NO4S2/c1-4-16(15(18)21-5-2)10-12-7-8-13(16)17(12)23(19,20)14-9-6-11(3)22-14/h6,9,12-13H,4-5,7-8,10H2,1-3H3/t12-,13+,16+/m0/s1. The van der Waals surface area contributed by atoms with E-state index in [2.05, 4.69) is 0 Å². The molecular weight excluding hydrogens is 334 g/mol. The van der Waals surface area contributed by atoms with Crippen LogP contribution < -0.4 is 0 Å². The number of hydrogen-bond donors (Lipinski definition) is 0. The van der Waals surface area contributed by atoms with Crippen LogP contribution in [0, 0.1) is 12.3 Å². The van der Waals surface area contributed by atoms with E-state index in [1.165, 1.54) is 11.3 Å². The van der Waals surface area contributed by atoms with E-state index in [-0.39, 0.29) is 18.1 Å². The number of aryl methyl sites for hydroxylation is 1. The maximum atomic E-state index is 13.1. The van der Waals surface area contributed by atoms with Gasteiger partial charge in [0.05, 0.1) is 12.0 Å². The predicted molar refractivity (Wildman–Crippen MR) is 88.9 cm³/mol. The van der Waals surface area contributed by atoms with Crippen molar-refractivity contribution >= 4 is 27.3 Å². The number of carbonyl (C=O) groups is 1. The van der Waals surface area contributed by atoms with Crippen LogP contribution in [0.15, 0.2) is 16.3 Å². The van der Waals surface area contributed by atoms with Crippen molar-refractivity contribution in [3.8, 4) is 0 Å². The molecule has 3 atom stereocenters. The molecule has 7 heteroatoms. The third kappa shape index (κ3) is 2.44. The first kappa shape index (κ1) is 16.9. The zero-order chi connectivity index (χ0) is 16.8. The van der Waals surface area contributed by atoms with E-state index in [0.29, 0.717) is 23.7 Å². The monoisotopic (exact) mass is 357 g/mol. The Balaban J connectivity index is 1.98. The largest absolute Gasteiger partial charge is 0.466 e. The average Bonchev–Trinajstić information content (AvgIpc) is 3.20. The first-order valence-electron chi connectivity index (χ1n) is 8.14. The molecule has 0 spiro atoms. The van der Waals surface area contributed by atoms with Crippen LogP contribution in [-0.4, -0.2) is 37.4 Å². The quantitative estimate of drug-likeness (QED) is 0.760. The Morgan fingerprint density at radius 3 is 2.70 bits per heavy atom. The molecule has 23 heavy (non-hydrogen) atoms. The summed E-state index contributed by atoms with van der Waals surface area (Å²) in [6.45, 7) is 5.97. The Morgan fingerprint density at radius 1 is 1.39 bits per heavy atom. The van der Waals surface area contributed by atoms with Gasteiger partial charge in [0, 0.05) is 17.0 Å². The fourth-order valence-electron chi connectivity index (χ4n) is 4.16. The van der Waals surface area contributed by atoms with Gasteiger partial charge in [0.25, 0.3) is 10.0 Å². The van der Waals surface area contributed by atoms with Crippen LogP contribution in [0.4, 0.5) is 0 Å². The smallest absolute Gasteiger partial charge is 0.313 e. The van der Waals surface area contributed by atoms with Crippen LogP contribution in [0.1, 0.15) is 44.4 Å². The first-order valence-corrected chi connectivity index (χ1v) is 10.4. The minimum Gasteiger partial charge on any atom is -0.466 e. The van der Waals surface area contributed by atoms with E-state index in [1.54, 1.807) is 17.3 Å². The summed E-state index contributed by atoms with van der Waals surface area (Å²) in [6.07, 6.45) is 2.76. The Hall–Kier alpha value is -0.920. The fourth-order valence-corrected chi connectivity index (χ4v) is 7.49. The molecule has 0 saturated carbocycles. The first-order chi connectivity index (χ1) is 10.9. The Labute approximate surface area is 141 Å². The number of sulfonamides is 1. The fraction of sp³-hybridized carbons (Fsp3) is 0.688. The topological polar surface area (TPSA) is 63.7 Å². The normalized spacial score (nSPS) is 30.7. The van der Waals surface area contributed by atoms with E-state index in [0.717, 1.165) is 17.7 Å². The number of carbonyl (C=O) groups excluding carboxylic acids is 1. The maximum Gasteiger partial charge on any atom is 0.313 e. The van der Waals surface area contributed by atoms with Gasteiger partial charge in [-0.3, -0.25) is 4.79 Å². The summed E-state index contributed by atoms with van der Waals surface area (Å²) in [5.74, 6) is -0.239. The van der Waals surface area contributed by atoms with Gasteiger partial charge in [-0.15, -0.1) is 11.3 Å². The molecule has 2 bridgehead atoms. The second-order valence-corrected chi connectivity index (χ2v) is 9.74. The van der Waals surface area contributed by atoms with Crippen molar-refractivity contribution in [1.82, 2.24) is 4.31 Å². The molecule has 0 aromatic carbocycles. The van der Waals surface area contributed by atoms with Crippen molar-refractivity contribution < 1.29 is 17.9 Å². The van der Waals surface area contributed by atoms with Crippen LogP contribution >= 0.6 is 11.3 Å². The zero-order valence-corrected chi connectivity index (χ0v) is 15.4. The lowest BCUT2D eigenvalue weighted by Gasteiger charge is -2.33. The highest BCUT2D eigenvalue weighted by Gasteiger charge is 2.63. The maximum absolute atomic E-state index is 13.1. The Kier molecular flexibility index (Phi) is 4.31. The molecule has 0 N–H and O–H groups in total. The minimum atomic E-state index is -3.54. The van der Waals surface area contributed by atoms with Crippen molar-refractivity contribution in [1.29, 1.82) is 0 Å². The predicted octanol–water partition coefficient (Wildman–Crippen LogP) is 2.94. The highest BCUT2D eigenvalue weighted by molar-refractivity contribution is 7.91. The van der Waals surface area contributed by atoms with Gasteiger partial charge >= 0.3 is 5.97 Å². The summed E-state index contributed by atoms with van der Waals surface area (Å²) < 4.78 is 33.4. The molecule has 0 amide bonds. The number of hydrogen-bond acceptors (Lipinski definition) is 5. The van der Waals surface area contributed by atoms with Crippen LogP contribution in [0.5, 0.6) is 0 Å². The molecule has 2 aliphatic heterocycles. The van der Waals surface area contributed by atoms with E-state index < -0.39 is 15.4 Å². The number of thiophene rings is 1. The van der Waals surface area contributed by atoms with Gasteiger partial charge in [0.15, 0.2) is 0 Å². The lowest BCUT2D eigenvalue weighted by Crippen LogP contribution is -2.45. The highest BCUT2D eigenvalue weighted by atomic mass is 32.2. The third-order valence-corrected chi connectivity index (χ3v) is 8.67. The SMILES string of the molecule is CCOC(=O)[C@]1(CC)C[C@@H]2CC[C@H]1N2S(=O)(=O)c1ccc(C)s1. The summed E-state index contributed by atoms with van der Waals surface area (Å²) in [4.78, 5) is 13.5. The molecule has 0 radical (unpaired) electrons. The molecule has 0 aliphatic carbocycles. The number of ether oxygens (including phenoxy) is 1. The van der Waals surface area contributed by atoms with Crippen LogP contribution in [0.3, 0.4) is 0 Å². The van der Waals surface area contributed by atoms with E-state index in [9.17, 15) is 13.2 Å². The Morgan fingerprint density at radius 2 is 2.13 bits per heavy atom. The van der Waals surface area contributed by atoms with Gasteiger partial charge in [-0.05, 0) is 51.7 Å². The molecular formula is C16H23NO4S2. The summed E-state index contributed by atoms with van der Waals surface area (Å²) in [5, 5.41) is 0. The molecule has 128 valence electrons. The van der Waals surface area contributed by atoms with Gasteiger partial charge < -0.3 is 4.74 Å². The number of fused-ring (bicyclic) bond motifs is 2. The van der Waals surface area contributed by atoms with Crippen LogP contribution in [0.25, 0.3) is 0 Å². The lowest BCUT2D eigenvalue weighted by molar-refractivity contribution is -0.157. The van der Waals surface area contributed by atoms with Crippen molar-refractivity contribution in [2.24, 2.45) is 5.41 Å². The van der Waals surface area contributed by atoms with E-state index in [4.69, 9.17) is 4.74 Å².